The van der Waals surface area contributed by atoms with Gasteiger partial charge in [-0.15, -0.1) is 0 Å². The summed E-state index contributed by atoms with van der Waals surface area (Å²) in [5.74, 6) is 1.16. The summed E-state index contributed by atoms with van der Waals surface area (Å²) in [6.45, 7) is 3.96. The number of fused-ring (bicyclic) bond motifs is 2. The SMILES string of the molecule is C[C@@H]1Cc2ncnc(C3CCN(S(C)(=O)=O)CC3)c2CN1c1ncnc2[nH]ccc12. The fourth-order valence-electron chi connectivity index (χ4n) is 4.71. The Labute approximate surface area is 175 Å². The second-order valence-electron chi connectivity index (χ2n) is 8.24. The molecule has 1 fully saturated rings. The third-order valence-electron chi connectivity index (χ3n) is 6.33. The summed E-state index contributed by atoms with van der Waals surface area (Å²) < 4.78 is 25.3. The molecular weight excluding hydrogens is 402 g/mol. The van der Waals surface area contributed by atoms with Gasteiger partial charge in [-0.05, 0) is 25.8 Å². The molecule has 0 aliphatic carbocycles. The molecule has 0 spiro atoms. The number of hydrogen-bond donors (Lipinski definition) is 1. The van der Waals surface area contributed by atoms with Gasteiger partial charge in [0.1, 0.15) is 24.1 Å². The highest BCUT2D eigenvalue weighted by atomic mass is 32.2. The van der Waals surface area contributed by atoms with Crippen molar-refractivity contribution in [2.45, 2.75) is 44.7 Å². The molecule has 0 bridgehead atoms. The lowest BCUT2D eigenvalue weighted by Gasteiger charge is -2.37. The van der Waals surface area contributed by atoms with Crippen LogP contribution in [0.2, 0.25) is 0 Å². The van der Waals surface area contributed by atoms with Crippen LogP contribution in [0.1, 0.15) is 42.6 Å². The van der Waals surface area contributed by atoms with E-state index in [9.17, 15) is 8.42 Å². The molecule has 5 heterocycles. The van der Waals surface area contributed by atoms with Crippen LogP contribution in [0, 0.1) is 0 Å². The van der Waals surface area contributed by atoms with Gasteiger partial charge in [0.2, 0.25) is 10.0 Å². The normalized spacial score (nSPS) is 21.1. The zero-order valence-electron chi connectivity index (χ0n) is 17.1. The van der Waals surface area contributed by atoms with Crippen LogP contribution in [0.25, 0.3) is 11.0 Å². The predicted octanol–water partition coefficient (Wildman–Crippen LogP) is 1.84. The van der Waals surface area contributed by atoms with Gasteiger partial charge in [0.25, 0.3) is 0 Å². The van der Waals surface area contributed by atoms with Gasteiger partial charge in [-0.2, -0.15) is 0 Å². The molecule has 0 amide bonds. The Kier molecular flexibility index (Phi) is 4.70. The minimum absolute atomic E-state index is 0.243. The molecule has 0 saturated carbocycles. The Morgan fingerprint density at radius 1 is 1.10 bits per heavy atom. The molecule has 0 aromatic carbocycles. The van der Waals surface area contributed by atoms with Crippen LogP contribution in [-0.4, -0.2) is 63.0 Å². The molecule has 5 rings (SSSR count). The number of aromatic nitrogens is 5. The van der Waals surface area contributed by atoms with Crippen molar-refractivity contribution in [2.75, 3.05) is 24.2 Å². The molecule has 158 valence electrons. The Hall–Kier alpha value is -2.59. The van der Waals surface area contributed by atoms with E-state index in [2.05, 4.69) is 36.7 Å². The van der Waals surface area contributed by atoms with Gasteiger partial charge in [0, 0.05) is 49.8 Å². The van der Waals surface area contributed by atoms with Gasteiger partial charge in [-0.25, -0.2) is 32.7 Å². The summed E-state index contributed by atoms with van der Waals surface area (Å²) in [4.78, 5) is 23.6. The van der Waals surface area contributed by atoms with Crippen LogP contribution >= 0.6 is 0 Å². The van der Waals surface area contributed by atoms with E-state index in [-0.39, 0.29) is 12.0 Å². The van der Waals surface area contributed by atoms with Crippen molar-refractivity contribution in [1.29, 1.82) is 0 Å². The topological polar surface area (TPSA) is 108 Å². The number of nitrogens with zero attached hydrogens (tertiary/aromatic N) is 6. The van der Waals surface area contributed by atoms with Crippen molar-refractivity contribution >= 4 is 26.9 Å². The molecule has 3 aromatic rings. The Balaban J connectivity index is 1.47. The molecule has 2 aliphatic rings. The first-order valence-electron chi connectivity index (χ1n) is 10.2. The summed E-state index contributed by atoms with van der Waals surface area (Å²) >= 11 is 0. The van der Waals surface area contributed by atoms with Crippen molar-refractivity contribution in [3.63, 3.8) is 0 Å². The van der Waals surface area contributed by atoms with Gasteiger partial charge in [0.15, 0.2) is 0 Å². The second-order valence-corrected chi connectivity index (χ2v) is 10.2. The maximum Gasteiger partial charge on any atom is 0.211 e. The summed E-state index contributed by atoms with van der Waals surface area (Å²) in [5.41, 5.74) is 4.14. The number of H-pyrrole nitrogens is 1. The fourth-order valence-corrected chi connectivity index (χ4v) is 5.59. The van der Waals surface area contributed by atoms with Crippen LogP contribution in [0.15, 0.2) is 24.9 Å². The van der Waals surface area contributed by atoms with E-state index >= 15 is 0 Å². The summed E-state index contributed by atoms with van der Waals surface area (Å²) in [7, 11) is -3.14. The zero-order chi connectivity index (χ0) is 20.9. The number of hydrogen-bond acceptors (Lipinski definition) is 7. The molecule has 1 atom stereocenters. The molecule has 2 aliphatic heterocycles. The van der Waals surface area contributed by atoms with Gasteiger partial charge in [0.05, 0.1) is 23.0 Å². The van der Waals surface area contributed by atoms with Crippen LogP contribution in [0.4, 0.5) is 5.82 Å². The third-order valence-corrected chi connectivity index (χ3v) is 7.64. The number of nitrogens with one attached hydrogen (secondary N) is 1. The molecule has 30 heavy (non-hydrogen) atoms. The van der Waals surface area contributed by atoms with E-state index in [0.717, 1.165) is 53.1 Å². The average molecular weight is 428 g/mol. The largest absolute Gasteiger partial charge is 0.348 e. The molecule has 10 heteroatoms. The molecule has 1 saturated heterocycles. The van der Waals surface area contributed by atoms with Gasteiger partial charge in [-0.3, -0.25) is 0 Å². The highest BCUT2D eigenvalue weighted by Crippen LogP contribution is 2.36. The fraction of sp³-hybridized carbons (Fsp3) is 0.500. The number of piperidine rings is 1. The molecule has 0 unspecified atom stereocenters. The second kappa shape index (κ2) is 7.28. The maximum atomic E-state index is 11.9. The van der Waals surface area contributed by atoms with Crippen molar-refractivity contribution in [3.8, 4) is 0 Å². The quantitative estimate of drug-likeness (QED) is 0.679. The molecule has 0 radical (unpaired) electrons. The Morgan fingerprint density at radius 2 is 1.87 bits per heavy atom. The molecule has 1 N–H and O–H groups in total. The number of sulfonamides is 1. The summed E-state index contributed by atoms with van der Waals surface area (Å²) in [6, 6.07) is 2.26. The number of aromatic amines is 1. The summed E-state index contributed by atoms with van der Waals surface area (Å²) in [6.07, 6.45) is 8.80. The van der Waals surface area contributed by atoms with Crippen LogP contribution in [0.5, 0.6) is 0 Å². The first-order valence-corrected chi connectivity index (χ1v) is 12.1. The van der Waals surface area contributed by atoms with E-state index in [0.29, 0.717) is 19.6 Å². The first-order chi connectivity index (χ1) is 14.4. The Morgan fingerprint density at radius 3 is 2.63 bits per heavy atom. The lowest BCUT2D eigenvalue weighted by Crippen LogP contribution is -2.41. The van der Waals surface area contributed by atoms with Gasteiger partial charge < -0.3 is 9.88 Å². The van der Waals surface area contributed by atoms with Gasteiger partial charge >= 0.3 is 0 Å². The van der Waals surface area contributed by atoms with E-state index in [1.807, 2.05) is 12.3 Å². The number of anilines is 1. The van der Waals surface area contributed by atoms with E-state index in [1.165, 1.54) is 6.26 Å². The Bertz CT molecular complexity index is 1180. The minimum Gasteiger partial charge on any atom is -0.348 e. The van der Waals surface area contributed by atoms with Crippen LogP contribution < -0.4 is 4.90 Å². The first kappa shape index (κ1) is 19.4. The maximum absolute atomic E-state index is 11.9. The van der Waals surface area contributed by atoms with Crippen molar-refractivity contribution in [3.05, 3.63) is 41.9 Å². The summed E-state index contributed by atoms with van der Waals surface area (Å²) in [5, 5.41) is 1.01. The monoisotopic (exact) mass is 427 g/mol. The molecule has 9 nitrogen and oxygen atoms in total. The lowest BCUT2D eigenvalue weighted by atomic mass is 9.88. The van der Waals surface area contributed by atoms with Gasteiger partial charge in [-0.1, -0.05) is 0 Å². The standard InChI is InChI=1S/C20H25N7O2S/c1-13-9-17-16(10-27(13)20-15-3-6-21-19(15)24-12-25-20)18(23-11-22-17)14-4-7-26(8-5-14)30(2,28)29/h3,6,11-14H,4-5,7-10H2,1-2H3,(H,21,24,25)/t13-/m1/s1. The molecular formula is C20H25N7O2S. The van der Waals surface area contributed by atoms with Crippen LogP contribution in [0.3, 0.4) is 0 Å². The van der Waals surface area contributed by atoms with Crippen LogP contribution in [-0.2, 0) is 23.0 Å². The van der Waals surface area contributed by atoms with E-state index in [1.54, 1.807) is 17.0 Å². The smallest absolute Gasteiger partial charge is 0.211 e. The van der Waals surface area contributed by atoms with E-state index < -0.39 is 10.0 Å². The van der Waals surface area contributed by atoms with Crippen molar-refractivity contribution in [2.24, 2.45) is 0 Å². The minimum atomic E-state index is -3.14. The highest BCUT2D eigenvalue weighted by molar-refractivity contribution is 7.88. The molecule has 3 aromatic heterocycles. The van der Waals surface area contributed by atoms with Crippen molar-refractivity contribution < 1.29 is 8.42 Å². The van der Waals surface area contributed by atoms with Crippen molar-refractivity contribution in [1.82, 2.24) is 29.2 Å². The predicted molar refractivity (Wildman–Crippen MR) is 114 cm³/mol. The third kappa shape index (κ3) is 3.33. The lowest BCUT2D eigenvalue weighted by molar-refractivity contribution is 0.317. The van der Waals surface area contributed by atoms with E-state index in [4.69, 9.17) is 0 Å². The number of rotatable bonds is 3. The zero-order valence-corrected chi connectivity index (χ0v) is 17.9. The average Bonchev–Trinajstić information content (AvgIpc) is 3.21. The highest BCUT2D eigenvalue weighted by Gasteiger charge is 2.33.